The van der Waals surface area contributed by atoms with Crippen molar-refractivity contribution in [3.05, 3.63) is 63.5 Å². The van der Waals surface area contributed by atoms with Crippen LogP contribution in [0.15, 0.2) is 47.4 Å². The first-order chi connectivity index (χ1) is 10.2. The number of aromatic nitrogens is 1. The van der Waals surface area contributed by atoms with Gasteiger partial charge in [0.2, 0.25) is 0 Å². The van der Waals surface area contributed by atoms with Gasteiger partial charge in [-0.2, -0.15) is 5.26 Å². The number of rotatable bonds is 6. The summed E-state index contributed by atoms with van der Waals surface area (Å²) < 4.78 is 7.13. The molecule has 4 nitrogen and oxygen atoms in total. The maximum absolute atomic E-state index is 12.2. The molecule has 0 unspecified atom stereocenters. The van der Waals surface area contributed by atoms with Gasteiger partial charge < -0.3 is 9.30 Å². The van der Waals surface area contributed by atoms with Crippen molar-refractivity contribution in [2.24, 2.45) is 0 Å². The highest BCUT2D eigenvalue weighted by Crippen LogP contribution is 2.12. The van der Waals surface area contributed by atoms with Crippen molar-refractivity contribution in [2.75, 3.05) is 0 Å². The molecule has 108 valence electrons. The Bertz CT molecular complexity index is 687. The van der Waals surface area contributed by atoms with E-state index in [2.05, 4.69) is 6.07 Å². The van der Waals surface area contributed by atoms with E-state index in [0.717, 1.165) is 5.56 Å². The predicted molar refractivity (Wildman–Crippen MR) is 81.3 cm³/mol. The minimum atomic E-state index is -0.176. The fourth-order valence-electron chi connectivity index (χ4n) is 1.87. The first-order valence-corrected chi connectivity index (χ1v) is 7.02. The van der Waals surface area contributed by atoms with Gasteiger partial charge in [-0.15, -0.1) is 0 Å². The third-order valence-electron chi connectivity index (χ3n) is 2.98. The second-order valence-corrected chi connectivity index (χ2v) is 4.98. The van der Waals surface area contributed by atoms with E-state index in [1.165, 1.54) is 0 Å². The summed E-state index contributed by atoms with van der Waals surface area (Å²) in [5, 5.41) is 9.19. The highest BCUT2D eigenvalue weighted by atomic mass is 35.5. The molecule has 1 heterocycles. The van der Waals surface area contributed by atoms with Gasteiger partial charge in [0, 0.05) is 24.2 Å². The van der Waals surface area contributed by atoms with Crippen LogP contribution in [0.4, 0.5) is 0 Å². The molecule has 0 aliphatic carbocycles. The van der Waals surface area contributed by atoms with Crippen molar-refractivity contribution in [3.63, 3.8) is 0 Å². The maximum Gasteiger partial charge on any atom is 0.292 e. The molecule has 0 aliphatic heterocycles. The van der Waals surface area contributed by atoms with Crippen LogP contribution in [0.5, 0.6) is 5.75 Å². The number of nitrogens with zero attached hydrogens (tertiary/aromatic N) is 2. The Labute approximate surface area is 128 Å². The molecule has 0 atom stereocenters. The molecule has 0 radical (unpaired) electrons. The number of benzene rings is 1. The second kappa shape index (κ2) is 7.51. The Hall–Kier alpha value is -2.25. The summed E-state index contributed by atoms with van der Waals surface area (Å²) in [6.45, 7) is 0.832. The van der Waals surface area contributed by atoms with E-state index in [9.17, 15) is 4.79 Å². The van der Waals surface area contributed by atoms with E-state index < -0.39 is 0 Å². The monoisotopic (exact) mass is 302 g/mol. The molecule has 0 fully saturated rings. The van der Waals surface area contributed by atoms with Crippen LogP contribution in [0.2, 0.25) is 5.02 Å². The van der Waals surface area contributed by atoms with Gasteiger partial charge in [0.25, 0.3) is 5.56 Å². The summed E-state index contributed by atoms with van der Waals surface area (Å²) in [6.07, 6.45) is 2.79. The Kier molecular flexibility index (Phi) is 5.42. The van der Waals surface area contributed by atoms with Gasteiger partial charge in [-0.3, -0.25) is 4.79 Å². The lowest BCUT2D eigenvalue weighted by Gasteiger charge is -2.09. The largest absolute Gasteiger partial charge is 0.483 e. The van der Waals surface area contributed by atoms with Gasteiger partial charge >= 0.3 is 0 Å². The second-order valence-electron chi connectivity index (χ2n) is 4.55. The van der Waals surface area contributed by atoms with Crippen molar-refractivity contribution in [1.29, 1.82) is 5.26 Å². The lowest BCUT2D eigenvalue weighted by molar-refractivity contribution is 0.298. The zero-order chi connectivity index (χ0) is 15.1. The molecule has 0 N–H and O–H groups in total. The SMILES string of the molecule is N#CCCCn1cccc(OCc2ccc(Cl)cc2)c1=O. The summed E-state index contributed by atoms with van der Waals surface area (Å²) >= 11 is 5.82. The van der Waals surface area contributed by atoms with E-state index >= 15 is 0 Å². The van der Waals surface area contributed by atoms with Crippen molar-refractivity contribution >= 4 is 11.6 Å². The minimum absolute atomic E-state index is 0.176. The Balaban J connectivity index is 2.03. The van der Waals surface area contributed by atoms with Crippen LogP contribution in [0, 0.1) is 11.3 Å². The number of ether oxygens (including phenoxy) is 1. The van der Waals surface area contributed by atoms with Crippen LogP contribution in [-0.2, 0) is 13.2 Å². The van der Waals surface area contributed by atoms with Crippen LogP contribution >= 0.6 is 11.6 Å². The van der Waals surface area contributed by atoms with Crippen molar-refractivity contribution in [2.45, 2.75) is 26.0 Å². The average molecular weight is 303 g/mol. The molecular formula is C16H15ClN2O2. The normalized spacial score (nSPS) is 10.1. The van der Waals surface area contributed by atoms with Gasteiger partial charge in [-0.25, -0.2) is 0 Å². The summed E-state index contributed by atoms with van der Waals surface area (Å²) in [5.41, 5.74) is 0.767. The van der Waals surface area contributed by atoms with E-state index in [-0.39, 0.29) is 5.56 Å². The summed E-state index contributed by atoms with van der Waals surface area (Å²) in [6, 6.07) is 12.8. The van der Waals surface area contributed by atoms with Gasteiger partial charge in [0.05, 0.1) is 6.07 Å². The summed E-state index contributed by atoms with van der Waals surface area (Å²) in [5.74, 6) is 0.310. The molecule has 21 heavy (non-hydrogen) atoms. The first-order valence-electron chi connectivity index (χ1n) is 6.64. The standard InChI is InChI=1S/C16H15ClN2O2/c17-14-7-5-13(6-8-14)12-21-15-4-3-11-19(16(15)20)10-2-1-9-18/h3-8,11H,1-2,10,12H2. The molecule has 1 aromatic carbocycles. The van der Waals surface area contributed by atoms with E-state index in [1.54, 1.807) is 35.0 Å². The topological polar surface area (TPSA) is 55.0 Å². The number of halogens is 1. The van der Waals surface area contributed by atoms with Crippen molar-refractivity contribution < 1.29 is 4.74 Å². The third kappa shape index (κ3) is 4.37. The van der Waals surface area contributed by atoms with Crippen LogP contribution in [0.25, 0.3) is 0 Å². The molecule has 5 heteroatoms. The number of hydrogen-bond acceptors (Lipinski definition) is 3. The van der Waals surface area contributed by atoms with Gasteiger partial charge in [-0.1, -0.05) is 23.7 Å². The molecule has 2 aromatic rings. The van der Waals surface area contributed by atoms with Gasteiger partial charge in [-0.05, 0) is 36.2 Å². The Morgan fingerprint density at radius 2 is 2.00 bits per heavy atom. The van der Waals surface area contributed by atoms with E-state index in [1.807, 2.05) is 12.1 Å². The Morgan fingerprint density at radius 3 is 2.71 bits per heavy atom. The van der Waals surface area contributed by atoms with E-state index in [4.69, 9.17) is 21.6 Å². The first kappa shape index (κ1) is 15.1. The quantitative estimate of drug-likeness (QED) is 0.769. The lowest BCUT2D eigenvalue weighted by atomic mass is 10.2. The summed E-state index contributed by atoms with van der Waals surface area (Å²) in [4.78, 5) is 12.2. The van der Waals surface area contributed by atoms with Crippen LogP contribution in [0.1, 0.15) is 18.4 Å². The van der Waals surface area contributed by atoms with E-state index in [0.29, 0.717) is 36.8 Å². The molecule has 0 amide bonds. The Morgan fingerprint density at radius 1 is 1.24 bits per heavy atom. The van der Waals surface area contributed by atoms with Gasteiger partial charge in [0.1, 0.15) is 6.61 Å². The molecular weight excluding hydrogens is 288 g/mol. The molecule has 2 rings (SSSR count). The maximum atomic E-state index is 12.2. The zero-order valence-electron chi connectivity index (χ0n) is 11.5. The molecule has 0 spiro atoms. The number of nitriles is 1. The van der Waals surface area contributed by atoms with Gasteiger partial charge in [0.15, 0.2) is 5.75 Å². The fourth-order valence-corrected chi connectivity index (χ4v) is 2.00. The molecule has 0 saturated carbocycles. The van der Waals surface area contributed by atoms with Crippen molar-refractivity contribution in [3.8, 4) is 11.8 Å². The van der Waals surface area contributed by atoms with Crippen LogP contribution in [-0.4, -0.2) is 4.57 Å². The molecule has 0 bridgehead atoms. The molecule has 1 aromatic heterocycles. The molecule has 0 aliphatic rings. The number of hydrogen-bond donors (Lipinski definition) is 0. The zero-order valence-corrected chi connectivity index (χ0v) is 12.2. The summed E-state index contributed by atoms with van der Waals surface area (Å²) in [7, 11) is 0. The average Bonchev–Trinajstić information content (AvgIpc) is 2.49. The van der Waals surface area contributed by atoms with Crippen LogP contribution < -0.4 is 10.3 Å². The minimum Gasteiger partial charge on any atom is -0.483 e. The van der Waals surface area contributed by atoms with Crippen molar-refractivity contribution in [1.82, 2.24) is 4.57 Å². The van der Waals surface area contributed by atoms with Crippen LogP contribution in [0.3, 0.4) is 0 Å². The number of unbranched alkanes of at least 4 members (excludes halogenated alkanes) is 1. The highest BCUT2D eigenvalue weighted by Gasteiger charge is 2.04. The highest BCUT2D eigenvalue weighted by molar-refractivity contribution is 6.30. The predicted octanol–water partition coefficient (Wildman–Crippen LogP) is 3.38. The third-order valence-corrected chi connectivity index (χ3v) is 3.23. The fraction of sp³-hybridized carbons (Fsp3) is 0.250. The molecule has 0 saturated heterocycles. The number of pyridine rings is 1. The lowest BCUT2D eigenvalue weighted by Crippen LogP contribution is -2.21. The smallest absolute Gasteiger partial charge is 0.292 e. The number of aryl methyl sites for hydroxylation is 1.